The monoisotopic (exact) mass is 267 g/mol. The van der Waals surface area contributed by atoms with E-state index < -0.39 is 0 Å². The zero-order valence-electron chi connectivity index (χ0n) is 11.5. The molecule has 1 heterocycles. The Labute approximate surface area is 111 Å². The molecule has 1 aliphatic rings. The SMILES string of the molecule is Cn1c(CNCC2(CCO)CC2)cc(=O)n(C)c1=O. The molecule has 1 aliphatic carbocycles. The van der Waals surface area contributed by atoms with Gasteiger partial charge in [0.2, 0.25) is 0 Å². The summed E-state index contributed by atoms with van der Waals surface area (Å²) in [7, 11) is 3.14. The van der Waals surface area contributed by atoms with Crippen molar-refractivity contribution in [1.82, 2.24) is 14.5 Å². The quantitative estimate of drug-likeness (QED) is 0.717. The smallest absolute Gasteiger partial charge is 0.330 e. The van der Waals surface area contributed by atoms with Crippen LogP contribution in [0.2, 0.25) is 0 Å². The summed E-state index contributed by atoms with van der Waals surface area (Å²) in [6.07, 6.45) is 3.08. The van der Waals surface area contributed by atoms with Crippen LogP contribution in [0.3, 0.4) is 0 Å². The largest absolute Gasteiger partial charge is 0.396 e. The second-order valence-corrected chi connectivity index (χ2v) is 5.45. The number of nitrogens with zero attached hydrogens (tertiary/aromatic N) is 2. The van der Waals surface area contributed by atoms with E-state index in [1.165, 1.54) is 17.7 Å². The Balaban J connectivity index is 2.01. The maximum Gasteiger partial charge on any atom is 0.330 e. The molecule has 19 heavy (non-hydrogen) atoms. The number of hydrogen-bond acceptors (Lipinski definition) is 4. The predicted octanol–water partition coefficient (Wildman–Crippen LogP) is -0.664. The normalized spacial score (nSPS) is 16.6. The molecule has 1 saturated carbocycles. The first-order valence-electron chi connectivity index (χ1n) is 6.57. The van der Waals surface area contributed by atoms with Crippen molar-refractivity contribution in [2.24, 2.45) is 19.5 Å². The van der Waals surface area contributed by atoms with Crippen molar-refractivity contribution in [3.63, 3.8) is 0 Å². The zero-order chi connectivity index (χ0) is 14.0. The fraction of sp³-hybridized carbons (Fsp3) is 0.692. The van der Waals surface area contributed by atoms with Gasteiger partial charge in [0.05, 0.1) is 0 Å². The van der Waals surface area contributed by atoms with Crippen LogP contribution < -0.4 is 16.6 Å². The zero-order valence-corrected chi connectivity index (χ0v) is 11.5. The Bertz CT molecular complexity index is 569. The van der Waals surface area contributed by atoms with Gasteiger partial charge in [-0.2, -0.15) is 0 Å². The van der Waals surface area contributed by atoms with E-state index in [0.29, 0.717) is 12.2 Å². The van der Waals surface area contributed by atoms with Crippen molar-refractivity contribution < 1.29 is 5.11 Å². The molecule has 0 amide bonds. The van der Waals surface area contributed by atoms with E-state index in [2.05, 4.69) is 5.32 Å². The third-order valence-electron chi connectivity index (χ3n) is 4.03. The lowest BCUT2D eigenvalue weighted by Gasteiger charge is -2.15. The minimum atomic E-state index is -0.305. The van der Waals surface area contributed by atoms with Crippen molar-refractivity contribution in [3.05, 3.63) is 32.6 Å². The Morgan fingerprint density at radius 1 is 1.32 bits per heavy atom. The highest BCUT2D eigenvalue weighted by atomic mass is 16.3. The van der Waals surface area contributed by atoms with Gasteiger partial charge in [0.15, 0.2) is 0 Å². The molecule has 106 valence electrons. The van der Waals surface area contributed by atoms with E-state index in [4.69, 9.17) is 5.11 Å². The van der Waals surface area contributed by atoms with Crippen LogP contribution in [0, 0.1) is 5.41 Å². The molecule has 1 aromatic heterocycles. The summed E-state index contributed by atoms with van der Waals surface area (Å²) in [4.78, 5) is 23.3. The van der Waals surface area contributed by atoms with Crippen molar-refractivity contribution in [1.29, 1.82) is 0 Å². The molecular formula is C13H21N3O3. The molecular weight excluding hydrogens is 246 g/mol. The van der Waals surface area contributed by atoms with Crippen molar-refractivity contribution >= 4 is 0 Å². The summed E-state index contributed by atoms with van der Waals surface area (Å²) in [5, 5.41) is 12.3. The average molecular weight is 267 g/mol. The number of aliphatic hydroxyl groups excluding tert-OH is 1. The van der Waals surface area contributed by atoms with E-state index >= 15 is 0 Å². The van der Waals surface area contributed by atoms with E-state index in [1.807, 2.05) is 0 Å². The summed E-state index contributed by atoms with van der Waals surface area (Å²) in [5.41, 5.74) is 0.331. The van der Waals surface area contributed by atoms with Crippen LogP contribution in [-0.4, -0.2) is 27.4 Å². The Morgan fingerprint density at radius 2 is 2.00 bits per heavy atom. The fourth-order valence-corrected chi connectivity index (χ4v) is 2.33. The fourth-order valence-electron chi connectivity index (χ4n) is 2.33. The summed E-state index contributed by atoms with van der Waals surface area (Å²) >= 11 is 0. The van der Waals surface area contributed by atoms with Crippen molar-refractivity contribution in [3.8, 4) is 0 Å². The Kier molecular flexibility index (Phi) is 3.91. The van der Waals surface area contributed by atoms with E-state index in [-0.39, 0.29) is 23.3 Å². The van der Waals surface area contributed by atoms with Crippen LogP contribution in [0.4, 0.5) is 0 Å². The molecule has 0 radical (unpaired) electrons. The molecule has 0 aliphatic heterocycles. The van der Waals surface area contributed by atoms with E-state index in [0.717, 1.165) is 30.4 Å². The van der Waals surface area contributed by atoms with Gasteiger partial charge in [-0.3, -0.25) is 13.9 Å². The lowest BCUT2D eigenvalue weighted by molar-refractivity contribution is 0.245. The number of aliphatic hydroxyl groups is 1. The molecule has 0 bridgehead atoms. The number of hydrogen-bond donors (Lipinski definition) is 2. The highest BCUT2D eigenvalue weighted by Gasteiger charge is 2.41. The topological polar surface area (TPSA) is 76.3 Å². The standard InChI is InChI=1S/C13H21N3O3/c1-15-10(7-11(18)16(2)12(15)19)8-14-9-13(3-4-13)5-6-17/h7,14,17H,3-6,8-9H2,1-2H3. The lowest BCUT2D eigenvalue weighted by Crippen LogP contribution is -2.39. The highest BCUT2D eigenvalue weighted by Crippen LogP contribution is 2.47. The third-order valence-corrected chi connectivity index (χ3v) is 4.03. The van der Waals surface area contributed by atoms with Crippen LogP contribution in [0.1, 0.15) is 25.0 Å². The molecule has 6 nitrogen and oxygen atoms in total. The molecule has 0 unspecified atom stereocenters. The number of rotatable bonds is 6. The Morgan fingerprint density at radius 3 is 2.58 bits per heavy atom. The van der Waals surface area contributed by atoms with Gasteiger partial charge in [-0.25, -0.2) is 4.79 Å². The minimum Gasteiger partial charge on any atom is -0.396 e. The molecule has 1 aromatic rings. The lowest BCUT2D eigenvalue weighted by atomic mass is 10.0. The minimum absolute atomic E-state index is 0.214. The van der Waals surface area contributed by atoms with Gasteiger partial charge < -0.3 is 10.4 Å². The molecule has 1 fully saturated rings. The maximum atomic E-state index is 11.8. The number of aromatic nitrogens is 2. The molecule has 2 N–H and O–H groups in total. The molecule has 6 heteroatoms. The highest BCUT2D eigenvalue weighted by molar-refractivity contribution is 5.03. The van der Waals surface area contributed by atoms with Crippen LogP contribution in [0.5, 0.6) is 0 Å². The molecule has 0 atom stereocenters. The van der Waals surface area contributed by atoms with Crippen LogP contribution in [0.25, 0.3) is 0 Å². The number of nitrogens with one attached hydrogen (secondary N) is 1. The summed E-state index contributed by atoms with van der Waals surface area (Å²) in [5.74, 6) is 0. The van der Waals surface area contributed by atoms with Gasteiger partial charge in [-0.05, 0) is 24.7 Å². The van der Waals surface area contributed by atoms with Gasteiger partial charge in [-0.1, -0.05) is 0 Å². The van der Waals surface area contributed by atoms with Crippen LogP contribution in [0.15, 0.2) is 15.7 Å². The molecule has 2 rings (SSSR count). The first kappa shape index (κ1) is 14.0. The summed E-state index contributed by atoms with van der Waals surface area (Å²) in [6.45, 7) is 1.53. The van der Waals surface area contributed by atoms with Gasteiger partial charge in [0.25, 0.3) is 5.56 Å². The van der Waals surface area contributed by atoms with Crippen LogP contribution >= 0.6 is 0 Å². The van der Waals surface area contributed by atoms with Gasteiger partial charge in [0.1, 0.15) is 0 Å². The summed E-state index contributed by atoms with van der Waals surface area (Å²) < 4.78 is 2.58. The van der Waals surface area contributed by atoms with E-state index in [1.54, 1.807) is 7.05 Å². The second kappa shape index (κ2) is 5.30. The van der Waals surface area contributed by atoms with Gasteiger partial charge in [0, 0.05) is 45.6 Å². The van der Waals surface area contributed by atoms with Gasteiger partial charge in [-0.15, -0.1) is 0 Å². The molecule has 0 saturated heterocycles. The third kappa shape index (κ3) is 2.96. The molecule has 0 aromatic carbocycles. The van der Waals surface area contributed by atoms with Gasteiger partial charge >= 0.3 is 5.69 Å². The Hall–Kier alpha value is -1.40. The first-order valence-corrected chi connectivity index (χ1v) is 6.57. The van der Waals surface area contributed by atoms with Crippen LogP contribution in [-0.2, 0) is 20.6 Å². The maximum absolute atomic E-state index is 11.8. The second-order valence-electron chi connectivity index (χ2n) is 5.45. The van der Waals surface area contributed by atoms with Crippen molar-refractivity contribution in [2.45, 2.75) is 25.8 Å². The predicted molar refractivity (Wildman–Crippen MR) is 72.0 cm³/mol. The van der Waals surface area contributed by atoms with Crippen molar-refractivity contribution in [2.75, 3.05) is 13.2 Å². The summed E-state index contributed by atoms with van der Waals surface area (Å²) in [6, 6.07) is 1.49. The van der Waals surface area contributed by atoms with E-state index in [9.17, 15) is 9.59 Å². The molecule has 0 spiro atoms. The first-order chi connectivity index (χ1) is 8.99. The average Bonchev–Trinajstić information content (AvgIpc) is 3.13.